The molecule has 0 spiro atoms. The molecule has 0 radical (unpaired) electrons. The van der Waals surface area contributed by atoms with Crippen LogP contribution in [0, 0.1) is 3.57 Å². The normalized spacial score (nSPS) is 23.1. The molecule has 1 saturated heterocycles. The van der Waals surface area contributed by atoms with Crippen molar-refractivity contribution in [3.63, 3.8) is 0 Å². The number of nitrogens with one attached hydrogen (secondary N) is 1. The van der Waals surface area contributed by atoms with Gasteiger partial charge in [0.15, 0.2) is 0 Å². The number of hydrogen-bond donors (Lipinski definition) is 3. The molecule has 3 N–H and O–H groups in total. The molecule has 0 aliphatic carbocycles. The van der Waals surface area contributed by atoms with Crippen molar-refractivity contribution in [1.29, 1.82) is 0 Å². The minimum Gasteiger partial charge on any atom is -0.507 e. The summed E-state index contributed by atoms with van der Waals surface area (Å²) in [5.74, 6) is -0.102. The van der Waals surface area contributed by atoms with Crippen molar-refractivity contribution in [3.05, 3.63) is 27.3 Å². The van der Waals surface area contributed by atoms with Gasteiger partial charge in [0, 0.05) is 25.7 Å². The Morgan fingerprint density at radius 2 is 2.22 bits per heavy atom. The zero-order valence-corrected chi connectivity index (χ0v) is 12.1. The first-order valence-corrected chi connectivity index (χ1v) is 6.73. The highest BCUT2D eigenvalue weighted by molar-refractivity contribution is 14.1. The van der Waals surface area contributed by atoms with Crippen molar-refractivity contribution in [2.45, 2.75) is 12.1 Å². The van der Waals surface area contributed by atoms with E-state index >= 15 is 0 Å². The van der Waals surface area contributed by atoms with E-state index in [2.05, 4.69) is 5.32 Å². The van der Waals surface area contributed by atoms with Gasteiger partial charge in [0.05, 0.1) is 15.7 Å². The molecule has 1 fully saturated rings. The van der Waals surface area contributed by atoms with Crippen LogP contribution in [-0.2, 0) is 0 Å². The quantitative estimate of drug-likeness (QED) is 0.667. The Morgan fingerprint density at radius 3 is 2.78 bits per heavy atom. The number of carbonyl (C=O) groups excluding carboxylic acids is 1. The summed E-state index contributed by atoms with van der Waals surface area (Å²) in [6, 6.07) is 4.60. The van der Waals surface area contributed by atoms with Crippen LogP contribution in [-0.4, -0.2) is 53.3 Å². The van der Waals surface area contributed by atoms with Crippen LogP contribution in [0.2, 0.25) is 0 Å². The number of benzene rings is 1. The Kier molecular flexibility index (Phi) is 4.08. The van der Waals surface area contributed by atoms with E-state index < -0.39 is 6.10 Å². The highest BCUT2D eigenvalue weighted by Crippen LogP contribution is 2.22. The average molecular weight is 362 g/mol. The van der Waals surface area contributed by atoms with Gasteiger partial charge >= 0.3 is 0 Å². The van der Waals surface area contributed by atoms with Crippen LogP contribution >= 0.6 is 22.6 Å². The number of β-amino-alcohol motifs (C(OH)–C–C–N with tert-alkyl or cyclic N) is 1. The van der Waals surface area contributed by atoms with Gasteiger partial charge in [0.1, 0.15) is 5.75 Å². The molecule has 0 unspecified atom stereocenters. The molecule has 1 aliphatic rings. The van der Waals surface area contributed by atoms with Crippen LogP contribution in [0.5, 0.6) is 5.75 Å². The lowest BCUT2D eigenvalue weighted by atomic mass is 10.1. The molecule has 98 valence electrons. The van der Waals surface area contributed by atoms with Crippen LogP contribution in [0.1, 0.15) is 10.4 Å². The number of amides is 1. The number of carbonyl (C=O) groups is 1. The van der Waals surface area contributed by atoms with E-state index in [4.69, 9.17) is 0 Å². The third-order valence-electron chi connectivity index (χ3n) is 3.16. The summed E-state index contributed by atoms with van der Waals surface area (Å²) in [6.07, 6.45) is -0.545. The average Bonchev–Trinajstić information content (AvgIpc) is 2.77. The van der Waals surface area contributed by atoms with Crippen LogP contribution < -0.4 is 5.32 Å². The number of hydrogen-bond acceptors (Lipinski definition) is 4. The Labute approximate surface area is 119 Å². The first-order chi connectivity index (χ1) is 8.50. The number of phenolic OH excluding ortho intramolecular Hbond substituents is 1. The van der Waals surface area contributed by atoms with E-state index in [0.717, 1.165) is 0 Å². The fraction of sp³-hybridized carbons (Fsp3) is 0.417. The van der Waals surface area contributed by atoms with Gasteiger partial charge < -0.3 is 20.4 Å². The monoisotopic (exact) mass is 362 g/mol. The van der Waals surface area contributed by atoms with Gasteiger partial charge in [-0.25, -0.2) is 0 Å². The molecule has 0 bridgehead atoms. The summed E-state index contributed by atoms with van der Waals surface area (Å²) in [5.41, 5.74) is 0.425. The highest BCUT2D eigenvalue weighted by Gasteiger charge is 2.31. The maximum Gasteiger partial charge on any atom is 0.254 e. The molecular formula is C12H15IN2O3. The lowest BCUT2D eigenvalue weighted by Crippen LogP contribution is -2.44. The summed E-state index contributed by atoms with van der Waals surface area (Å²) in [6.45, 7) is 1.08. The van der Waals surface area contributed by atoms with E-state index in [-0.39, 0.29) is 17.7 Å². The molecule has 0 saturated carbocycles. The minimum absolute atomic E-state index is 0.0972. The summed E-state index contributed by atoms with van der Waals surface area (Å²) in [7, 11) is 1.66. The fourth-order valence-corrected chi connectivity index (χ4v) is 2.38. The zero-order chi connectivity index (χ0) is 13.3. The number of aliphatic hydroxyl groups is 1. The predicted molar refractivity (Wildman–Crippen MR) is 75.6 cm³/mol. The standard InChI is InChI=1S/C12H15IN2O3/c1-15(9-5-14-6-11(9)17)12(18)7-2-3-8(13)10(16)4-7/h2-4,9,11,14,16-17H,5-6H2,1H3/t9-,11-/m0/s1. The number of halogens is 1. The van der Waals surface area contributed by atoms with Crippen LogP contribution in [0.3, 0.4) is 0 Å². The molecule has 0 aromatic heterocycles. The number of likely N-dealkylation sites (N-methyl/N-ethyl adjacent to an activating group) is 1. The largest absolute Gasteiger partial charge is 0.507 e. The first kappa shape index (κ1) is 13.6. The molecule has 2 rings (SSSR count). The smallest absolute Gasteiger partial charge is 0.254 e. The number of nitrogens with zero attached hydrogens (tertiary/aromatic N) is 1. The van der Waals surface area contributed by atoms with Crippen LogP contribution in [0.4, 0.5) is 0 Å². The second-order valence-corrected chi connectivity index (χ2v) is 5.54. The lowest BCUT2D eigenvalue weighted by molar-refractivity contribution is 0.0581. The number of aliphatic hydroxyl groups excluding tert-OH is 1. The summed E-state index contributed by atoms with van der Waals surface area (Å²) in [5, 5.41) is 22.4. The number of phenols is 1. The zero-order valence-electron chi connectivity index (χ0n) is 9.93. The van der Waals surface area contributed by atoms with Gasteiger partial charge in [-0.3, -0.25) is 4.79 Å². The Hall–Kier alpha value is -0.860. The first-order valence-electron chi connectivity index (χ1n) is 5.65. The summed E-state index contributed by atoms with van der Waals surface area (Å²) in [4.78, 5) is 13.7. The van der Waals surface area contributed by atoms with Gasteiger partial charge in [-0.2, -0.15) is 0 Å². The Bertz CT molecular complexity index is 467. The topological polar surface area (TPSA) is 72.8 Å². The second-order valence-electron chi connectivity index (χ2n) is 4.38. The van der Waals surface area contributed by atoms with Crippen LogP contribution in [0.25, 0.3) is 0 Å². The van der Waals surface area contributed by atoms with E-state index in [9.17, 15) is 15.0 Å². The Balaban J connectivity index is 2.17. The molecule has 18 heavy (non-hydrogen) atoms. The van der Waals surface area contributed by atoms with E-state index in [1.165, 1.54) is 11.0 Å². The summed E-state index contributed by atoms with van der Waals surface area (Å²) >= 11 is 2.00. The predicted octanol–water partition coefficient (Wildman–Crippen LogP) is 0.401. The highest BCUT2D eigenvalue weighted by atomic mass is 127. The van der Waals surface area contributed by atoms with E-state index in [0.29, 0.717) is 22.2 Å². The van der Waals surface area contributed by atoms with E-state index in [1.54, 1.807) is 19.2 Å². The molecule has 1 heterocycles. The number of aromatic hydroxyl groups is 1. The van der Waals surface area contributed by atoms with Gasteiger partial charge in [-0.15, -0.1) is 0 Å². The molecule has 1 amide bonds. The minimum atomic E-state index is -0.545. The van der Waals surface area contributed by atoms with Crippen LogP contribution in [0.15, 0.2) is 18.2 Å². The van der Waals surface area contributed by atoms with E-state index in [1.807, 2.05) is 22.6 Å². The van der Waals surface area contributed by atoms with Gasteiger partial charge in [0.2, 0.25) is 0 Å². The maximum absolute atomic E-state index is 12.2. The molecule has 1 aliphatic heterocycles. The third kappa shape index (κ3) is 2.60. The molecule has 2 atom stereocenters. The molecular weight excluding hydrogens is 347 g/mol. The molecule has 5 nitrogen and oxygen atoms in total. The SMILES string of the molecule is CN(C(=O)c1ccc(I)c(O)c1)[C@H]1CNC[C@@H]1O. The molecule has 6 heteroatoms. The molecule has 1 aromatic rings. The van der Waals surface area contributed by atoms with Crippen molar-refractivity contribution in [3.8, 4) is 5.75 Å². The molecule has 1 aromatic carbocycles. The fourth-order valence-electron chi connectivity index (χ4n) is 2.05. The second kappa shape index (κ2) is 5.41. The van der Waals surface area contributed by atoms with Crippen molar-refractivity contribution in [2.75, 3.05) is 20.1 Å². The van der Waals surface area contributed by atoms with Gasteiger partial charge in [0.25, 0.3) is 5.91 Å². The van der Waals surface area contributed by atoms with Gasteiger partial charge in [-0.1, -0.05) is 0 Å². The number of rotatable bonds is 2. The third-order valence-corrected chi connectivity index (χ3v) is 4.07. The van der Waals surface area contributed by atoms with Crippen molar-refractivity contribution in [1.82, 2.24) is 10.2 Å². The van der Waals surface area contributed by atoms with Gasteiger partial charge in [-0.05, 0) is 40.8 Å². The lowest BCUT2D eigenvalue weighted by Gasteiger charge is -2.26. The Morgan fingerprint density at radius 1 is 1.50 bits per heavy atom. The van der Waals surface area contributed by atoms with Crippen molar-refractivity contribution in [2.24, 2.45) is 0 Å². The van der Waals surface area contributed by atoms with Crippen molar-refractivity contribution >= 4 is 28.5 Å². The summed E-state index contributed by atoms with van der Waals surface area (Å²) < 4.78 is 0.703. The maximum atomic E-state index is 12.2. The van der Waals surface area contributed by atoms with Crippen molar-refractivity contribution < 1.29 is 15.0 Å².